The van der Waals surface area contributed by atoms with Gasteiger partial charge in [0.05, 0.1) is 29.8 Å². The lowest BCUT2D eigenvalue weighted by Gasteiger charge is -2.26. The van der Waals surface area contributed by atoms with E-state index in [0.717, 1.165) is 11.1 Å². The Bertz CT molecular complexity index is 1090. The number of anilines is 1. The topological polar surface area (TPSA) is 45.5 Å². The van der Waals surface area contributed by atoms with E-state index in [0.29, 0.717) is 40.3 Å². The number of hydrogen-bond donors (Lipinski definition) is 0. The summed E-state index contributed by atoms with van der Waals surface area (Å²) in [7, 11) is 3.12. The van der Waals surface area contributed by atoms with Crippen LogP contribution in [0.1, 0.15) is 23.6 Å². The number of nitriles is 1. The van der Waals surface area contributed by atoms with Gasteiger partial charge in [-0.05, 0) is 60.5 Å². The van der Waals surface area contributed by atoms with Crippen LogP contribution >= 0.6 is 23.2 Å². The summed E-state index contributed by atoms with van der Waals surface area (Å²) in [6.45, 7) is 6.20. The Morgan fingerprint density at radius 3 is 1.82 bits per heavy atom. The quantitative estimate of drug-likeness (QED) is 0.326. The Balaban J connectivity index is 0.00000122. The second-order valence-corrected chi connectivity index (χ2v) is 7.79. The first-order valence-corrected chi connectivity index (χ1v) is 10.8. The van der Waals surface area contributed by atoms with Crippen molar-refractivity contribution in [2.24, 2.45) is 0 Å². The Kier molecular flexibility index (Phi) is 10.1. The van der Waals surface area contributed by atoms with Gasteiger partial charge in [-0.1, -0.05) is 41.4 Å². The molecule has 0 atom stereocenters. The fourth-order valence-electron chi connectivity index (χ4n) is 3.09. The van der Waals surface area contributed by atoms with Crippen molar-refractivity contribution in [3.8, 4) is 17.6 Å². The van der Waals surface area contributed by atoms with Crippen molar-refractivity contribution in [3.63, 3.8) is 0 Å². The van der Waals surface area contributed by atoms with Crippen LogP contribution in [0.3, 0.4) is 0 Å². The Morgan fingerprint density at radius 1 is 0.939 bits per heavy atom. The predicted octanol–water partition coefficient (Wildman–Crippen LogP) is 7.42. The van der Waals surface area contributed by atoms with Gasteiger partial charge in [-0.2, -0.15) is 5.26 Å². The fourth-order valence-corrected chi connectivity index (χ4v) is 3.65. The maximum Gasteiger partial charge on any atom is 0.141 e. The molecular weight excluding hydrogens is 462 g/mol. The van der Waals surface area contributed by atoms with E-state index in [4.69, 9.17) is 32.7 Å². The van der Waals surface area contributed by atoms with Crippen molar-refractivity contribution >= 4 is 28.9 Å². The van der Waals surface area contributed by atoms with Gasteiger partial charge in [0, 0.05) is 18.8 Å². The molecule has 0 N–H and O–H groups in total. The summed E-state index contributed by atoms with van der Waals surface area (Å²) in [5, 5.41) is 10.2. The molecule has 0 aliphatic heterocycles. The Labute approximate surface area is 204 Å². The minimum absolute atomic E-state index is 0.0157. The van der Waals surface area contributed by atoms with Gasteiger partial charge >= 0.3 is 0 Å². The lowest BCUT2D eigenvalue weighted by atomic mass is 10.1. The molecule has 172 valence electrons. The van der Waals surface area contributed by atoms with Crippen molar-refractivity contribution in [2.45, 2.75) is 20.0 Å². The standard InChI is InChI=1S/C23H19Cl2FN2O2.C3H6/c1-29-22-7-3-15(9-19(22)24)13-28(18-5-6-21(26)17(11-18)12-27)14-16-4-8-23(30-2)20(25)10-16;1-3-2/h3-11H,13-14H2,1-2H3;3H,1H2,2H3. The average Bonchev–Trinajstić information content (AvgIpc) is 2.80. The largest absolute Gasteiger partial charge is 0.495 e. The van der Waals surface area contributed by atoms with E-state index < -0.39 is 5.82 Å². The van der Waals surface area contributed by atoms with E-state index in [9.17, 15) is 9.65 Å². The van der Waals surface area contributed by atoms with Gasteiger partial charge in [0.2, 0.25) is 0 Å². The van der Waals surface area contributed by atoms with Crippen LogP contribution in [0.4, 0.5) is 10.1 Å². The second-order valence-electron chi connectivity index (χ2n) is 6.98. The average molecular weight is 487 g/mol. The molecule has 33 heavy (non-hydrogen) atoms. The molecular formula is C26H25Cl2FN2O2. The molecule has 0 radical (unpaired) electrons. The van der Waals surface area contributed by atoms with Crippen LogP contribution < -0.4 is 14.4 Å². The van der Waals surface area contributed by atoms with Crippen molar-refractivity contribution in [2.75, 3.05) is 19.1 Å². The first-order valence-electron chi connectivity index (χ1n) is 10.0. The van der Waals surface area contributed by atoms with E-state index in [1.54, 1.807) is 38.5 Å². The summed E-state index contributed by atoms with van der Waals surface area (Å²) in [5.41, 5.74) is 2.55. The summed E-state index contributed by atoms with van der Waals surface area (Å²) in [4.78, 5) is 2.01. The number of nitrogens with zero attached hydrogens (tertiary/aromatic N) is 2. The number of hydrogen-bond acceptors (Lipinski definition) is 4. The van der Waals surface area contributed by atoms with Crippen LogP contribution in [-0.2, 0) is 13.1 Å². The zero-order valence-electron chi connectivity index (χ0n) is 18.7. The monoisotopic (exact) mass is 486 g/mol. The van der Waals surface area contributed by atoms with Gasteiger partial charge in [-0.15, -0.1) is 6.58 Å². The summed E-state index contributed by atoms with van der Waals surface area (Å²) in [6, 6.07) is 17.4. The van der Waals surface area contributed by atoms with Gasteiger partial charge < -0.3 is 14.4 Å². The number of rotatable bonds is 7. The van der Waals surface area contributed by atoms with Crippen molar-refractivity contribution in [1.29, 1.82) is 5.26 Å². The number of halogens is 3. The lowest BCUT2D eigenvalue weighted by molar-refractivity contribution is 0.415. The third-order valence-electron chi connectivity index (χ3n) is 4.61. The van der Waals surface area contributed by atoms with Crippen LogP contribution in [0.2, 0.25) is 10.0 Å². The zero-order valence-corrected chi connectivity index (χ0v) is 20.3. The van der Waals surface area contributed by atoms with Gasteiger partial charge in [-0.3, -0.25) is 0 Å². The van der Waals surface area contributed by atoms with Crippen LogP contribution in [0.25, 0.3) is 0 Å². The minimum Gasteiger partial charge on any atom is -0.495 e. The normalized spacial score (nSPS) is 9.85. The Hall–Kier alpha value is -3.20. The molecule has 3 rings (SSSR count). The molecule has 0 saturated carbocycles. The maximum atomic E-state index is 13.9. The molecule has 0 saturated heterocycles. The van der Waals surface area contributed by atoms with Gasteiger partial charge in [0.25, 0.3) is 0 Å². The summed E-state index contributed by atoms with van der Waals surface area (Å²) < 4.78 is 24.3. The van der Waals surface area contributed by atoms with E-state index in [2.05, 4.69) is 6.58 Å². The molecule has 0 heterocycles. The summed E-state index contributed by atoms with van der Waals surface area (Å²) in [5.74, 6) is 0.617. The number of benzene rings is 3. The molecule has 0 unspecified atom stereocenters. The molecule has 0 bridgehead atoms. The van der Waals surface area contributed by atoms with Crippen molar-refractivity contribution in [1.82, 2.24) is 0 Å². The third kappa shape index (κ3) is 7.15. The molecule has 7 heteroatoms. The molecule has 3 aromatic carbocycles. The second kappa shape index (κ2) is 12.7. The van der Waals surface area contributed by atoms with Gasteiger partial charge in [-0.25, -0.2) is 4.39 Å². The van der Waals surface area contributed by atoms with Gasteiger partial charge in [0.1, 0.15) is 23.4 Å². The summed E-state index contributed by atoms with van der Waals surface area (Å²) in [6.07, 6.45) is 1.75. The molecule has 0 aliphatic rings. The first kappa shape index (κ1) is 26.1. The molecule has 0 amide bonds. The minimum atomic E-state index is -0.554. The molecule has 4 nitrogen and oxygen atoms in total. The highest BCUT2D eigenvalue weighted by molar-refractivity contribution is 6.32. The zero-order chi connectivity index (χ0) is 24.4. The van der Waals surface area contributed by atoms with E-state index >= 15 is 0 Å². The molecule has 0 aliphatic carbocycles. The molecule has 0 aromatic heterocycles. The third-order valence-corrected chi connectivity index (χ3v) is 5.21. The molecule has 0 spiro atoms. The van der Waals surface area contributed by atoms with E-state index in [1.165, 1.54) is 12.1 Å². The van der Waals surface area contributed by atoms with Crippen molar-refractivity contribution < 1.29 is 13.9 Å². The maximum absolute atomic E-state index is 13.9. The summed E-state index contributed by atoms with van der Waals surface area (Å²) >= 11 is 12.5. The highest BCUT2D eigenvalue weighted by atomic mass is 35.5. The molecule has 3 aromatic rings. The SMILES string of the molecule is C=CC.COc1ccc(CN(Cc2ccc(OC)c(Cl)c2)c2ccc(F)c(C#N)c2)cc1Cl. The van der Waals surface area contributed by atoms with E-state index in [1.807, 2.05) is 42.2 Å². The fraction of sp³-hybridized carbons (Fsp3) is 0.192. The Morgan fingerprint density at radius 2 is 1.42 bits per heavy atom. The number of methoxy groups -OCH3 is 2. The van der Waals surface area contributed by atoms with Crippen LogP contribution in [0.15, 0.2) is 67.3 Å². The number of ether oxygens (including phenoxy) is 2. The molecule has 0 fully saturated rings. The lowest BCUT2D eigenvalue weighted by Crippen LogP contribution is -2.22. The van der Waals surface area contributed by atoms with Crippen molar-refractivity contribution in [3.05, 3.63) is 99.8 Å². The predicted molar refractivity (Wildman–Crippen MR) is 133 cm³/mol. The van der Waals surface area contributed by atoms with Crippen LogP contribution in [0.5, 0.6) is 11.5 Å². The highest BCUT2D eigenvalue weighted by Crippen LogP contribution is 2.30. The van der Waals surface area contributed by atoms with Crippen LogP contribution in [0, 0.1) is 17.1 Å². The van der Waals surface area contributed by atoms with Gasteiger partial charge in [0.15, 0.2) is 0 Å². The van der Waals surface area contributed by atoms with E-state index in [-0.39, 0.29) is 5.56 Å². The number of allylic oxidation sites excluding steroid dienone is 1. The first-order chi connectivity index (χ1) is 15.9. The van der Waals surface area contributed by atoms with Crippen LogP contribution in [-0.4, -0.2) is 14.2 Å². The highest BCUT2D eigenvalue weighted by Gasteiger charge is 2.14. The smallest absolute Gasteiger partial charge is 0.141 e.